The number of benzene rings is 2. The number of imide groups is 1. The number of amides is 3. The molecule has 3 aliphatic heterocycles. The van der Waals surface area contributed by atoms with Crippen molar-refractivity contribution >= 4 is 63.8 Å². The second-order valence-corrected chi connectivity index (χ2v) is 23.6. The lowest BCUT2D eigenvalue weighted by Gasteiger charge is -2.35. The predicted molar refractivity (Wildman–Crippen MR) is 323 cm³/mol. The molecule has 1 aliphatic carbocycles. The van der Waals surface area contributed by atoms with Crippen LogP contribution in [0.5, 0.6) is 5.75 Å². The summed E-state index contributed by atoms with van der Waals surface area (Å²) in [5, 5.41) is 22.1. The standard InChI is InChI=1S/C43H47N3O11.C23H36N4O4/c1-5-8-9-10-27(17-30(49)23-54-21-25(4)47)39(50)44-28-13-11-26(12-14-28)22-56-42(53)57-43(7-3)35-19-37-38-33(20-46(37)40(51)34(35)24-55-41(43)52)31(6-2)32-18-29(48)15-16-36(32)45-38;1-3-4-12-31-13-11-26-16-20(24-25-26)9-10-21(28)19-7-5-18(6-8-19)15-27-22(29)14-17(2)23(27)30/h11-16,18-19,27,48H,5-10,17,20-24H2,1-4H3,(H,44,50);16-19H,3-15H2,1-2H3. The number of rotatable bonds is 29. The van der Waals surface area contributed by atoms with Gasteiger partial charge in [0.1, 0.15) is 38.0 Å². The van der Waals surface area contributed by atoms with E-state index >= 15 is 0 Å². The Kier molecular flexibility index (Phi) is 23.1. The van der Waals surface area contributed by atoms with Gasteiger partial charge in [-0.1, -0.05) is 77.6 Å². The minimum Gasteiger partial charge on any atom is -0.508 e. The summed E-state index contributed by atoms with van der Waals surface area (Å²) in [5.41, 5.74) is 3.43. The quantitative estimate of drug-likeness (QED) is 0.0251. The Labute approximate surface area is 512 Å². The first-order chi connectivity index (χ1) is 42.4. The van der Waals surface area contributed by atoms with Crippen molar-refractivity contribution in [1.82, 2.24) is 29.4 Å². The SMILES string of the molecule is CCCCCC(CC(=O)COCC(C)=O)C(=O)Nc1ccc(COC(=O)OC2(CC)C(=O)OCc3c2cc2n(c3=O)Cc3c-2nc2ccc(O)cc2c3CC)cc1.CCCCOCCn1cc(CCC(=O)C2CCC(CN3C(=O)CC(C)C3=O)CC2)nn1. The fourth-order valence-electron chi connectivity index (χ4n) is 12.1. The number of Topliss-reactive ketones (excluding diaryl/α,β-unsaturated/α-hetero) is 3. The summed E-state index contributed by atoms with van der Waals surface area (Å²) in [6, 6.07) is 13.2. The lowest BCUT2D eigenvalue weighted by molar-refractivity contribution is -0.175. The van der Waals surface area contributed by atoms with E-state index in [-0.39, 0.29) is 115 Å². The average molecular weight is 1210 g/mol. The van der Waals surface area contributed by atoms with Crippen LogP contribution < -0.4 is 10.9 Å². The monoisotopic (exact) mass is 1210 g/mol. The minimum absolute atomic E-state index is 0.0104. The van der Waals surface area contributed by atoms with E-state index in [4.69, 9.17) is 28.7 Å². The van der Waals surface area contributed by atoms with Crippen molar-refractivity contribution in [2.75, 3.05) is 38.3 Å². The smallest absolute Gasteiger partial charge is 0.508 e. The van der Waals surface area contributed by atoms with Gasteiger partial charge in [0, 0.05) is 85.0 Å². The number of hydrogen-bond acceptors (Lipinski definition) is 18. The maximum Gasteiger partial charge on any atom is 0.510 e. The molecule has 0 radical (unpaired) electrons. The van der Waals surface area contributed by atoms with Crippen LogP contribution in [-0.4, -0.2) is 115 Å². The molecule has 6 heterocycles. The highest BCUT2D eigenvalue weighted by atomic mass is 16.7. The number of unbranched alkanes of at least 4 members (excludes halogenated alkanes) is 3. The Morgan fingerprint density at radius 1 is 0.886 bits per heavy atom. The molecule has 3 aromatic heterocycles. The number of ketones is 3. The molecule has 2 aromatic carbocycles. The van der Waals surface area contributed by atoms with Crippen molar-refractivity contribution in [2.45, 2.75) is 176 Å². The topological polar surface area (TPSA) is 284 Å². The van der Waals surface area contributed by atoms with Crippen LogP contribution in [0.3, 0.4) is 0 Å². The Hall–Kier alpha value is -7.98. The molecule has 1 saturated carbocycles. The second-order valence-electron chi connectivity index (χ2n) is 23.6. The molecule has 3 amide bonds. The lowest BCUT2D eigenvalue weighted by atomic mass is 9.79. The number of carbonyl (C=O) groups is 8. The highest BCUT2D eigenvalue weighted by Crippen LogP contribution is 2.43. The van der Waals surface area contributed by atoms with Gasteiger partial charge in [-0.15, -0.1) is 5.10 Å². The number of aromatic hydroxyl groups is 1. The summed E-state index contributed by atoms with van der Waals surface area (Å²) in [6.45, 7) is 12.9. The van der Waals surface area contributed by atoms with Gasteiger partial charge in [0.05, 0.1) is 47.9 Å². The summed E-state index contributed by atoms with van der Waals surface area (Å²) in [4.78, 5) is 121. The number of anilines is 1. The zero-order valence-corrected chi connectivity index (χ0v) is 51.5. The molecule has 9 rings (SSSR count). The zero-order valence-electron chi connectivity index (χ0n) is 51.5. The maximum absolute atomic E-state index is 14.0. The Morgan fingerprint density at radius 3 is 2.34 bits per heavy atom. The van der Waals surface area contributed by atoms with Crippen molar-refractivity contribution < 1.29 is 67.1 Å². The van der Waals surface area contributed by atoms with Gasteiger partial charge in [-0.05, 0) is 112 Å². The summed E-state index contributed by atoms with van der Waals surface area (Å²) in [7, 11) is 0. The van der Waals surface area contributed by atoms with Crippen LogP contribution in [0, 0.1) is 23.7 Å². The largest absolute Gasteiger partial charge is 0.510 e. The van der Waals surface area contributed by atoms with Crippen LogP contribution in [-0.2, 0) is 102 Å². The average Bonchev–Trinajstić information content (AvgIpc) is 1.49. The van der Waals surface area contributed by atoms with Crippen LogP contribution in [0.15, 0.2) is 59.5 Å². The minimum atomic E-state index is -1.96. The molecule has 1 saturated heterocycles. The van der Waals surface area contributed by atoms with E-state index in [9.17, 15) is 48.3 Å². The van der Waals surface area contributed by atoms with E-state index in [2.05, 4.69) is 22.6 Å². The highest BCUT2D eigenvalue weighted by molar-refractivity contribution is 6.03. The summed E-state index contributed by atoms with van der Waals surface area (Å²) >= 11 is 0. The number of nitrogens with zero attached hydrogens (tertiary/aromatic N) is 6. The number of fused-ring (bicyclic) bond motifs is 5. The van der Waals surface area contributed by atoms with Crippen molar-refractivity contribution in [1.29, 1.82) is 0 Å². The van der Waals surface area contributed by atoms with E-state index in [0.717, 1.165) is 86.6 Å². The molecule has 0 bridgehead atoms. The van der Waals surface area contributed by atoms with Gasteiger partial charge in [0.25, 0.3) is 5.56 Å². The molecule has 0 spiro atoms. The van der Waals surface area contributed by atoms with Gasteiger partial charge in [0.2, 0.25) is 23.3 Å². The molecule has 22 heteroatoms. The summed E-state index contributed by atoms with van der Waals surface area (Å²) in [6.07, 6.45) is 11.6. The molecule has 22 nitrogen and oxygen atoms in total. The maximum atomic E-state index is 14.0. The fourth-order valence-corrected chi connectivity index (χ4v) is 12.1. The normalized spacial score (nSPS) is 18.8. The first kappa shape index (κ1) is 66.0. The second kappa shape index (κ2) is 30.8. The number of ether oxygens (including phenoxy) is 5. The number of nitrogens with one attached hydrogen (secondary N) is 1. The van der Waals surface area contributed by atoms with Gasteiger partial charge in [-0.3, -0.25) is 38.5 Å². The van der Waals surface area contributed by atoms with Gasteiger partial charge >= 0.3 is 12.1 Å². The molecule has 3 atom stereocenters. The third-order valence-electron chi connectivity index (χ3n) is 17.0. The van der Waals surface area contributed by atoms with Crippen LogP contribution in [0.1, 0.15) is 165 Å². The number of aromatic nitrogens is 5. The van der Waals surface area contributed by atoms with Gasteiger partial charge in [-0.2, -0.15) is 0 Å². The van der Waals surface area contributed by atoms with Gasteiger partial charge in [0.15, 0.2) is 11.6 Å². The van der Waals surface area contributed by atoms with Crippen LogP contribution in [0.4, 0.5) is 10.5 Å². The summed E-state index contributed by atoms with van der Waals surface area (Å²) in [5.74, 6) is -1.62. The predicted octanol–water partition coefficient (Wildman–Crippen LogP) is 9.21. The number of likely N-dealkylation sites (tertiary alicyclic amines) is 1. The molecule has 5 aromatic rings. The third-order valence-corrected chi connectivity index (χ3v) is 17.0. The number of carbonyl (C=O) groups excluding carboxylic acids is 8. The lowest BCUT2D eigenvalue weighted by Crippen LogP contribution is -2.47. The van der Waals surface area contributed by atoms with E-state index in [1.165, 1.54) is 11.8 Å². The number of cyclic esters (lactones) is 1. The molecule has 3 unspecified atom stereocenters. The summed E-state index contributed by atoms with van der Waals surface area (Å²) < 4.78 is 30.7. The molecule has 2 N–H and O–H groups in total. The zero-order chi connectivity index (χ0) is 63.1. The molecule has 88 heavy (non-hydrogen) atoms. The molecule has 472 valence electrons. The third kappa shape index (κ3) is 16.2. The van der Waals surface area contributed by atoms with E-state index < -0.39 is 23.6 Å². The highest BCUT2D eigenvalue weighted by Gasteiger charge is 2.51. The number of phenolic OH excluding ortho intramolecular Hbond substituents is 1. The van der Waals surface area contributed by atoms with Crippen LogP contribution in [0.25, 0.3) is 22.3 Å². The molecule has 2 fully saturated rings. The molecular weight excluding hydrogens is 1130 g/mol. The Bertz CT molecular complexity index is 3420. The van der Waals surface area contributed by atoms with Crippen molar-refractivity contribution in [3.63, 3.8) is 0 Å². The number of hydrogen-bond donors (Lipinski definition) is 2. The number of aryl methyl sites for hydroxylation is 2. The number of phenols is 1. The fraction of sp³-hybridized carbons (Fsp3) is 0.545. The van der Waals surface area contributed by atoms with Crippen molar-refractivity contribution in [3.05, 3.63) is 98.6 Å². The van der Waals surface area contributed by atoms with Gasteiger partial charge in [-0.25, -0.2) is 19.3 Å². The molecular formula is C66H83N7O15. The van der Waals surface area contributed by atoms with Crippen molar-refractivity contribution in [3.8, 4) is 17.1 Å². The van der Waals surface area contributed by atoms with Crippen LogP contribution in [0.2, 0.25) is 0 Å². The molecule has 4 aliphatic rings. The van der Waals surface area contributed by atoms with E-state index in [1.807, 2.05) is 27.0 Å². The Balaban J connectivity index is 0.000000272. The Morgan fingerprint density at radius 2 is 1.65 bits per heavy atom. The number of esters is 1. The van der Waals surface area contributed by atoms with Gasteiger partial charge < -0.3 is 38.7 Å². The van der Waals surface area contributed by atoms with E-state index in [1.54, 1.807) is 64.7 Å². The number of pyridine rings is 2. The van der Waals surface area contributed by atoms with Crippen LogP contribution >= 0.6 is 0 Å². The first-order valence-electron chi connectivity index (χ1n) is 31.1. The van der Waals surface area contributed by atoms with Crippen molar-refractivity contribution in [2.24, 2.45) is 23.7 Å². The van der Waals surface area contributed by atoms with E-state index in [0.29, 0.717) is 85.9 Å². The first-order valence-corrected chi connectivity index (χ1v) is 31.1.